The molecule has 0 saturated carbocycles. The number of hydrogen-bond donors (Lipinski definition) is 1. The Labute approximate surface area is 115 Å². The van der Waals surface area contributed by atoms with Crippen LogP contribution in [0.25, 0.3) is 0 Å². The molecular formula is C15H24N2O2. The molecule has 0 amide bonds. The highest BCUT2D eigenvalue weighted by Crippen LogP contribution is 2.14. The molecule has 4 heteroatoms. The van der Waals surface area contributed by atoms with Gasteiger partial charge in [0.2, 0.25) is 0 Å². The van der Waals surface area contributed by atoms with E-state index in [0.29, 0.717) is 12.6 Å². The van der Waals surface area contributed by atoms with Crippen molar-refractivity contribution in [3.8, 4) is 5.75 Å². The Morgan fingerprint density at radius 3 is 3.16 bits per heavy atom. The second kappa shape index (κ2) is 7.48. The molecule has 1 fully saturated rings. The maximum atomic E-state index is 5.70. The van der Waals surface area contributed by atoms with Crippen LogP contribution in [0.15, 0.2) is 24.3 Å². The third-order valence-electron chi connectivity index (χ3n) is 3.56. The molecule has 1 aromatic rings. The summed E-state index contributed by atoms with van der Waals surface area (Å²) >= 11 is 0. The number of morpholine rings is 1. The quantitative estimate of drug-likeness (QED) is 0.841. The Bertz CT molecular complexity index is 382. The van der Waals surface area contributed by atoms with Crippen LogP contribution < -0.4 is 10.5 Å². The lowest BCUT2D eigenvalue weighted by atomic mass is 10.1. The summed E-state index contributed by atoms with van der Waals surface area (Å²) in [6, 6.07) is 8.29. The van der Waals surface area contributed by atoms with E-state index in [1.807, 2.05) is 12.1 Å². The average molecular weight is 264 g/mol. The maximum Gasteiger partial charge on any atom is 0.119 e. The standard InChI is InChI=1S/C15H24N2O2/c1-18-14-4-2-3-13(11-14)6-8-17-9-10-19-15(12-17)5-7-16/h2-4,11,15H,5-10,12,16H2,1H3. The molecule has 1 aliphatic rings. The number of ether oxygens (including phenoxy) is 2. The number of nitrogens with zero attached hydrogens (tertiary/aromatic N) is 1. The summed E-state index contributed by atoms with van der Waals surface area (Å²) < 4.78 is 10.9. The fourth-order valence-electron chi connectivity index (χ4n) is 2.46. The van der Waals surface area contributed by atoms with Gasteiger partial charge in [0.25, 0.3) is 0 Å². The highest BCUT2D eigenvalue weighted by molar-refractivity contribution is 5.28. The molecule has 0 bridgehead atoms. The summed E-state index contributed by atoms with van der Waals surface area (Å²) in [6.07, 6.45) is 2.31. The maximum absolute atomic E-state index is 5.70. The van der Waals surface area contributed by atoms with E-state index in [-0.39, 0.29) is 0 Å². The fraction of sp³-hybridized carbons (Fsp3) is 0.600. The van der Waals surface area contributed by atoms with Gasteiger partial charge in [0.15, 0.2) is 0 Å². The molecule has 0 radical (unpaired) electrons. The van der Waals surface area contributed by atoms with Crippen molar-refractivity contribution in [2.75, 3.05) is 39.9 Å². The molecule has 2 N–H and O–H groups in total. The van der Waals surface area contributed by atoms with Crippen molar-refractivity contribution < 1.29 is 9.47 Å². The lowest BCUT2D eigenvalue weighted by molar-refractivity contribution is -0.0302. The SMILES string of the molecule is COc1cccc(CCN2CCOC(CCN)C2)c1. The van der Waals surface area contributed by atoms with Crippen LogP contribution in [0.5, 0.6) is 5.75 Å². The van der Waals surface area contributed by atoms with Crippen LogP contribution in [-0.2, 0) is 11.2 Å². The van der Waals surface area contributed by atoms with Crippen LogP contribution >= 0.6 is 0 Å². The Morgan fingerprint density at radius 2 is 2.37 bits per heavy atom. The molecule has 1 unspecified atom stereocenters. The first-order valence-electron chi connectivity index (χ1n) is 6.99. The normalized spacial score (nSPS) is 20.4. The minimum atomic E-state index is 0.309. The van der Waals surface area contributed by atoms with Gasteiger partial charge in [-0.3, -0.25) is 4.90 Å². The van der Waals surface area contributed by atoms with E-state index in [2.05, 4.69) is 17.0 Å². The lowest BCUT2D eigenvalue weighted by Gasteiger charge is -2.32. The zero-order valence-corrected chi connectivity index (χ0v) is 11.7. The van der Waals surface area contributed by atoms with E-state index in [0.717, 1.165) is 44.8 Å². The number of methoxy groups -OCH3 is 1. The third-order valence-corrected chi connectivity index (χ3v) is 3.56. The van der Waals surface area contributed by atoms with Crippen molar-refractivity contribution in [2.24, 2.45) is 5.73 Å². The zero-order valence-electron chi connectivity index (χ0n) is 11.7. The highest BCUT2D eigenvalue weighted by Gasteiger charge is 2.19. The summed E-state index contributed by atoms with van der Waals surface area (Å²) in [4.78, 5) is 2.46. The molecular weight excluding hydrogens is 240 g/mol. The Hall–Kier alpha value is -1.10. The first-order valence-corrected chi connectivity index (χ1v) is 6.99. The summed E-state index contributed by atoms with van der Waals surface area (Å²) in [5.41, 5.74) is 6.91. The summed E-state index contributed by atoms with van der Waals surface area (Å²) in [5, 5.41) is 0. The first-order chi connectivity index (χ1) is 9.31. The highest BCUT2D eigenvalue weighted by atomic mass is 16.5. The van der Waals surface area contributed by atoms with E-state index < -0.39 is 0 Å². The van der Waals surface area contributed by atoms with Crippen LogP contribution in [0.4, 0.5) is 0 Å². The van der Waals surface area contributed by atoms with Gasteiger partial charge in [-0.1, -0.05) is 12.1 Å². The summed E-state index contributed by atoms with van der Waals surface area (Å²) in [6.45, 7) is 4.61. The largest absolute Gasteiger partial charge is 0.497 e. The van der Waals surface area contributed by atoms with Crippen molar-refractivity contribution in [3.05, 3.63) is 29.8 Å². The minimum Gasteiger partial charge on any atom is -0.497 e. The molecule has 1 heterocycles. The van der Waals surface area contributed by atoms with E-state index in [1.54, 1.807) is 7.11 Å². The number of nitrogens with two attached hydrogens (primary N) is 1. The second-order valence-corrected chi connectivity index (χ2v) is 4.97. The predicted octanol–water partition coefficient (Wildman–Crippen LogP) is 1.29. The Balaban J connectivity index is 1.80. The van der Waals surface area contributed by atoms with Crippen LogP contribution in [0.1, 0.15) is 12.0 Å². The number of hydrogen-bond acceptors (Lipinski definition) is 4. The Morgan fingerprint density at radius 1 is 1.47 bits per heavy atom. The predicted molar refractivity (Wildman–Crippen MR) is 76.5 cm³/mol. The monoisotopic (exact) mass is 264 g/mol. The van der Waals surface area contributed by atoms with Crippen molar-refractivity contribution in [2.45, 2.75) is 18.9 Å². The van der Waals surface area contributed by atoms with Gasteiger partial charge < -0.3 is 15.2 Å². The van der Waals surface area contributed by atoms with Crippen molar-refractivity contribution >= 4 is 0 Å². The molecule has 0 aliphatic carbocycles. The molecule has 2 rings (SSSR count). The van der Waals surface area contributed by atoms with Crippen molar-refractivity contribution in [3.63, 3.8) is 0 Å². The molecule has 1 aliphatic heterocycles. The minimum absolute atomic E-state index is 0.309. The molecule has 0 spiro atoms. The van der Waals surface area contributed by atoms with E-state index in [1.165, 1.54) is 5.56 Å². The topological polar surface area (TPSA) is 47.7 Å². The average Bonchev–Trinajstić information content (AvgIpc) is 2.46. The van der Waals surface area contributed by atoms with E-state index in [4.69, 9.17) is 15.2 Å². The van der Waals surface area contributed by atoms with Crippen molar-refractivity contribution in [1.82, 2.24) is 4.90 Å². The van der Waals surface area contributed by atoms with Crippen LogP contribution in [0.3, 0.4) is 0 Å². The third kappa shape index (κ3) is 4.49. The lowest BCUT2D eigenvalue weighted by Crippen LogP contribution is -2.43. The van der Waals surface area contributed by atoms with Gasteiger partial charge in [-0.25, -0.2) is 0 Å². The van der Waals surface area contributed by atoms with Gasteiger partial charge in [-0.05, 0) is 37.1 Å². The fourth-order valence-corrected chi connectivity index (χ4v) is 2.46. The molecule has 4 nitrogen and oxygen atoms in total. The summed E-state index contributed by atoms with van der Waals surface area (Å²) in [5.74, 6) is 0.931. The molecule has 1 atom stereocenters. The van der Waals surface area contributed by atoms with Crippen LogP contribution in [0.2, 0.25) is 0 Å². The molecule has 106 valence electrons. The van der Waals surface area contributed by atoms with E-state index >= 15 is 0 Å². The molecule has 1 aromatic carbocycles. The number of benzene rings is 1. The molecule has 0 aromatic heterocycles. The van der Waals surface area contributed by atoms with Crippen LogP contribution in [0, 0.1) is 0 Å². The Kier molecular flexibility index (Phi) is 5.63. The van der Waals surface area contributed by atoms with Gasteiger partial charge in [0.1, 0.15) is 5.75 Å². The van der Waals surface area contributed by atoms with E-state index in [9.17, 15) is 0 Å². The molecule has 19 heavy (non-hydrogen) atoms. The second-order valence-electron chi connectivity index (χ2n) is 4.97. The van der Waals surface area contributed by atoms with Crippen molar-refractivity contribution in [1.29, 1.82) is 0 Å². The van der Waals surface area contributed by atoms with Gasteiger partial charge >= 0.3 is 0 Å². The summed E-state index contributed by atoms with van der Waals surface area (Å²) in [7, 11) is 1.71. The first kappa shape index (κ1) is 14.3. The van der Waals surface area contributed by atoms with Gasteiger partial charge in [0.05, 0.1) is 19.8 Å². The van der Waals surface area contributed by atoms with Gasteiger partial charge in [-0.2, -0.15) is 0 Å². The number of rotatable bonds is 6. The van der Waals surface area contributed by atoms with Gasteiger partial charge in [-0.15, -0.1) is 0 Å². The zero-order chi connectivity index (χ0) is 13.5. The van der Waals surface area contributed by atoms with Crippen LogP contribution in [-0.4, -0.2) is 50.9 Å². The molecule has 1 saturated heterocycles. The van der Waals surface area contributed by atoms with Gasteiger partial charge in [0, 0.05) is 19.6 Å². The smallest absolute Gasteiger partial charge is 0.119 e.